The highest BCUT2D eigenvalue weighted by atomic mass is 35.5. The second-order valence-corrected chi connectivity index (χ2v) is 5.52. The van der Waals surface area contributed by atoms with E-state index in [1.54, 1.807) is 0 Å². The summed E-state index contributed by atoms with van der Waals surface area (Å²) >= 11 is 6.17. The van der Waals surface area contributed by atoms with Crippen LogP contribution in [0.4, 0.5) is 5.69 Å². The van der Waals surface area contributed by atoms with Gasteiger partial charge in [0.15, 0.2) is 0 Å². The largest absolute Gasteiger partial charge is 0.481 e. The van der Waals surface area contributed by atoms with Gasteiger partial charge in [0.2, 0.25) is 0 Å². The van der Waals surface area contributed by atoms with Crippen LogP contribution in [0.15, 0.2) is 24.3 Å². The van der Waals surface area contributed by atoms with E-state index < -0.39 is 5.97 Å². The lowest BCUT2D eigenvalue weighted by Gasteiger charge is -2.34. The SMILES string of the molecule is CC1(C)CC(C(=O)O)CN1c1ccccc1Cl. The maximum Gasteiger partial charge on any atom is 0.308 e. The fourth-order valence-corrected chi connectivity index (χ4v) is 2.74. The number of carboxylic acids is 1. The zero-order chi connectivity index (χ0) is 12.6. The third-order valence-electron chi connectivity index (χ3n) is 3.37. The zero-order valence-electron chi connectivity index (χ0n) is 9.98. The topological polar surface area (TPSA) is 40.5 Å². The Morgan fingerprint density at radius 1 is 1.47 bits per heavy atom. The van der Waals surface area contributed by atoms with E-state index in [2.05, 4.69) is 18.7 Å². The van der Waals surface area contributed by atoms with Gasteiger partial charge in [0.1, 0.15) is 0 Å². The molecule has 0 aliphatic carbocycles. The van der Waals surface area contributed by atoms with E-state index in [1.165, 1.54) is 0 Å². The van der Waals surface area contributed by atoms with Gasteiger partial charge in [0, 0.05) is 12.1 Å². The van der Waals surface area contributed by atoms with Gasteiger partial charge >= 0.3 is 5.97 Å². The number of nitrogens with zero attached hydrogens (tertiary/aromatic N) is 1. The molecule has 0 bridgehead atoms. The normalized spacial score (nSPS) is 22.8. The number of anilines is 1. The first-order valence-corrected chi connectivity index (χ1v) is 6.04. The first-order valence-electron chi connectivity index (χ1n) is 5.67. The van der Waals surface area contributed by atoms with Crippen molar-refractivity contribution in [1.82, 2.24) is 0 Å². The molecule has 1 N–H and O–H groups in total. The van der Waals surface area contributed by atoms with Crippen LogP contribution < -0.4 is 4.90 Å². The van der Waals surface area contributed by atoms with Gasteiger partial charge in [-0.15, -0.1) is 0 Å². The molecule has 1 aliphatic rings. The zero-order valence-corrected chi connectivity index (χ0v) is 10.7. The predicted molar refractivity (Wildman–Crippen MR) is 68.6 cm³/mol. The van der Waals surface area contributed by atoms with Crippen LogP contribution in [-0.4, -0.2) is 23.2 Å². The predicted octanol–water partition coefficient (Wildman–Crippen LogP) is 3.03. The average Bonchev–Trinajstić information content (AvgIpc) is 2.55. The molecular formula is C13H16ClNO2. The monoisotopic (exact) mass is 253 g/mol. The number of hydrogen-bond acceptors (Lipinski definition) is 2. The molecule has 1 unspecified atom stereocenters. The van der Waals surface area contributed by atoms with Crippen LogP contribution in [0.3, 0.4) is 0 Å². The number of carbonyl (C=O) groups is 1. The molecule has 3 nitrogen and oxygen atoms in total. The van der Waals surface area contributed by atoms with Crippen LogP contribution in [0, 0.1) is 5.92 Å². The number of hydrogen-bond donors (Lipinski definition) is 1. The minimum Gasteiger partial charge on any atom is -0.481 e. The van der Waals surface area contributed by atoms with Crippen molar-refractivity contribution in [3.63, 3.8) is 0 Å². The molecule has 92 valence electrons. The first kappa shape index (κ1) is 12.2. The lowest BCUT2D eigenvalue weighted by atomic mass is 9.96. The van der Waals surface area contributed by atoms with Crippen LogP contribution in [0.25, 0.3) is 0 Å². The highest BCUT2D eigenvalue weighted by Crippen LogP contribution is 2.39. The Morgan fingerprint density at radius 2 is 2.12 bits per heavy atom. The molecule has 1 atom stereocenters. The Morgan fingerprint density at radius 3 is 2.65 bits per heavy atom. The smallest absolute Gasteiger partial charge is 0.308 e. The summed E-state index contributed by atoms with van der Waals surface area (Å²) in [6, 6.07) is 7.57. The Balaban J connectivity index is 2.33. The molecule has 0 amide bonds. The van der Waals surface area contributed by atoms with Crippen LogP contribution in [0.2, 0.25) is 5.02 Å². The molecule has 1 fully saturated rings. The lowest BCUT2D eigenvalue weighted by molar-refractivity contribution is -0.141. The summed E-state index contributed by atoms with van der Waals surface area (Å²) in [5.41, 5.74) is 0.747. The van der Waals surface area contributed by atoms with Crippen LogP contribution in [-0.2, 0) is 4.79 Å². The van der Waals surface area contributed by atoms with Crippen molar-refractivity contribution in [3.8, 4) is 0 Å². The third kappa shape index (κ3) is 2.25. The number of halogens is 1. The van der Waals surface area contributed by atoms with Crippen molar-refractivity contribution in [2.75, 3.05) is 11.4 Å². The highest BCUT2D eigenvalue weighted by Gasteiger charge is 2.42. The molecule has 0 spiro atoms. The van der Waals surface area contributed by atoms with E-state index in [1.807, 2.05) is 24.3 Å². The molecule has 4 heteroatoms. The Kier molecular flexibility index (Phi) is 3.04. The van der Waals surface area contributed by atoms with Crippen LogP contribution >= 0.6 is 11.6 Å². The van der Waals surface area contributed by atoms with E-state index >= 15 is 0 Å². The molecule has 0 radical (unpaired) electrons. The Hall–Kier alpha value is -1.22. The van der Waals surface area contributed by atoms with Crippen molar-refractivity contribution >= 4 is 23.3 Å². The van der Waals surface area contributed by atoms with Gasteiger partial charge < -0.3 is 10.0 Å². The van der Waals surface area contributed by atoms with Crippen molar-refractivity contribution in [1.29, 1.82) is 0 Å². The van der Waals surface area contributed by atoms with Gasteiger partial charge in [-0.2, -0.15) is 0 Å². The van der Waals surface area contributed by atoms with Gasteiger partial charge in [-0.1, -0.05) is 23.7 Å². The lowest BCUT2D eigenvalue weighted by Crippen LogP contribution is -2.38. The van der Waals surface area contributed by atoms with Crippen LogP contribution in [0.1, 0.15) is 20.3 Å². The van der Waals surface area contributed by atoms with E-state index in [4.69, 9.17) is 16.7 Å². The molecule has 1 aliphatic heterocycles. The first-order chi connectivity index (χ1) is 7.92. The number of aliphatic carboxylic acids is 1. The molecule has 1 aromatic rings. The second-order valence-electron chi connectivity index (χ2n) is 5.11. The van der Waals surface area contributed by atoms with Gasteiger partial charge in [-0.05, 0) is 32.4 Å². The minimum atomic E-state index is -0.729. The molecule has 17 heavy (non-hydrogen) atoms. The number of rotatable bonds is 2. The fraction of sp³-hybridized carbons (Fsp3) is 0.462. The number of benzene rings is 1. The molecule has 1 aromatic carbocycles. The highest BCUT2D eigenvalue weighted by molar-refractivity contribution is 6.33. The van der Waals surface area contributed by atoms with Gasteiger partial charge in [0.05, 0.1) is 16.6 Å². The van der Waals surface area contributed by atoms with Crippen molar-refractivity contribution in [3.05, 3.63) is 29.3 Å². The standard InChI is InChI=1S/C13H16ClNO2/c1-13(2)7-9(12(16)17)8-15(13)11-6-4-3-5-10(11)14/h3-6,9H,7-8H2,1-2H3,(H,16,17). The molecule has 2 rings (SSSR count). The molecule has 0 saturated carbocycles. The maximum absolute atomic E-state index is 11.1. The average molecular weight is 254 g/mol. The van der Waals surface area contributed by atoms with E-state index in [9.17, 15) is 4.79 Å². The van der Waals surface area contributed by atoms with E-state index in [0.29, 0.717) is 18.0 Å². The number of carboxylic acid groups (broad SMARTS) is 1. The number of para-hydroxylation sites is 1. The summed E-state index contributed by atoms with van der Waals surface area (Å²) in [5, 5.41) is 9.79. The second kappa shape index (κ2) is 4.22. The van der Waals surface area contributed by atoms with E-state index in [0.717, 1.165) is 5.69 Å². The Bertz CT molecular complexity index is 445. The Labute approximate surface area is 106 Å². The molecular weight excluding hydrogens is 238 g/mol. The fourth-order valence-electron chi connectivity index (χ4n) is 2.51. The van der Waals surface area contributed by atoms with Crippen molar-refractivity contribution in [2.24, 2.45) is 5.92 Å². The summed E-state index contributed by atoms with van der Waals surface area (Å²) in [4.78, 5) is 13.2. The van der Waals surface area contributed by atoms with Crippen molar-refractivity contribution < 1.29 is 9.90 Å². The molecule has 1 saturated heterocycles. The maximum atomic E-state index is 11.1. The van der Waals surface area contributed by atoms with Gasteiger partial charge in [-0.25, -0.2) is 0 Å². The van der Waals surface area contributed by atoms with E-state index in [-0.39, 0.29) is 11.5 Å². The minimum absolute atomic E-state index is 0.173. The summed E-state index contributed by atoms with van der Waals surface area (Å²) in [6.07, 6.45) is 0.646. The van der Waals surface area contributed by atoms with Crippen molar-refractivity contribution in [2.45, 2.75) is 25.8 Å². The summed E-state index contributed by atoms with van der Waals surface area (Å²) in [6.45, 7) is 4.63. The van der Waals surface area contributed by atoms with Crippen LogP contribution in [0.5, 0.6) is 0 Å². The quantitative estimate of drug-likeness (QED) is 0.881. The summed E-state index contributed by atoms with van der Waals surface area (Å²) in [5.74, 6) is -1.05. The molecule has 1 heterocycles. The van der Waals surface area contributed by atoms with Gasteiger partial charge in [0.25, 0.3) is 0 Å². The van der Waals surface area contributed by atoms with Gasteiger partial charge in [-0.3, -0.25) is 4.79 Å². The summed E-state index contributed by atoms with van der Waals surface area (Å²) < 4.78 is 0. The third-order valence-corrected chi connectivity index (χ3v) is 3.69. The molecule has 0 aromatic heterocycles. The summed E-state index contributed by atoms with van der Waals surface area (Å²) in [7, 11) is 0.